The highest BCUT2D eigenvalue weighted by atomic mass is 79.9. The summed E-state index contributed by atoms with van der Waals surface area (Å²) >= 11 is 3.49. The second-order valence-electron chi connectivity index (χ2n) is 4.27. The van der Waals surface area contributed by atoms with Crippen LogP contribution < -0.4 is 14.8 Å². The van der Waals surface area contributed by atoms with Crippen molar-refractivity contribution in [3.8, 4) is 11.5 Å². The van der Waals surface area contributed by atoms with Crippen LogP contribution in [0.5, 0.6) is 11.5 Å². The van der Waals surface area contributed by atoms with Gasteiger partial charge in [0.2, 0.25) is 0 Å². The molecule has 2 rings (SSSR count). The highest BCUT2D eigenvalue weighted by Crippen LogP contribution is 2.36. The van der Waals surface area contributed by atoms with E-state index in [2.05, 4.69) is 26.2 Å². The Kier molecular flexibility index (Phi) is 7.50. The molecule has 0 radical (unpaired) electrons. The molecule has 1 heterocycles. The summed E-state index contributed by atoms with van der Waals surface area (Å²) in [6.07, 6.45) is 3.59. The van der Waals surface area contributed by atoms with E-state index in [0.29, 0.717) is 5.75 Å². The van der Waals surface area contributed by atoms with Crippen LogP contribution in [0.3, 0.4) is 0 Å². The molecule has 4 nitrogen and oxygen atoms in total. The first-order valence-electron chi connectivity index (χ1n) is 6.24. The van der Waals surface area contributed by atoms with Crippen LogP contribution in [0.2, 0.25) is 0 Å². The molecule has 2 aromatic rings. The molecule has 6 heteroatoms. The number of benzene rings is 1. The fraction of sp³-hybridized carbons (Fsp3) is 0.267. The lowest BCUT2D eigenvalue weighted by Gasteiger charge is -2.12. The van der Waals surface area contributed by atoms with E-state index in [1.54, 1.807) is 26.6 Å². The number of halogens is 2. The number of hydrogen-bond acceptors (Lipinski definition) is 4. The van der Waals surface area contributed by atoms with Crippen LogP contribution in [0, 0.1) is 0 Å². The number of pyridine rings is 1. The van der Waals surface area contributed by atoms with Crippen molar-refractivity contribution in [2.45, 2.75) is 13.1 Å². The summed E-state index contributed by atoms with van der Waals surface area (Å²) in [5.74, 6) is 1.44. The highest BCUT2D eigenvalue weighted by molar-refractivity contribution is 9.10. The van der Waals surface area contributed by atoms with Crippen molar-refractivity contribution in [3.05, 3.63) is 52.3 Å². The summed E-state index contributed by atoms with van der Waals surface area (Å²) in [6, 6.07) is 8.00. The summed E-state index contributed by atoms with van der Waals surface area (Å²) < 4.78 is 11.5. The second-order valence-corrected chi connectivity index (χ2v) is 5.13. The fourth-order valence-electron chi connectivity index (χ4n) is 1.93. The first kappa shape index (κ1) is 17.8. The average molecular weight is 374 g/mol. The summed E-state index contributed by atoms with van der Waals surface area (Å²) in [7, 11) is 3.27. The normalized spacial score (nSPS) is 9.86. The van der Waals surface area contributed by atoms with E-state index in [-0.39, 0.29) is 12.4 Å². The number of nitrogens with zero attached hydrogens (tertiary/aromatic N) is 1. The minimum absolute atomic E-state index is 0. The van der Waals surface area contributed by atoms with Crippen molar-refractivity contribution in [1.29, 1.82) is 0 Å². The maximum atomic E-state index is 5.33. The van der Waals surface area contributed by atoms with Gasteiger partial charge in [0, 0.05) is 25.5 Å². The smallest absolute Gasteiger partial charge is 0.174 e. The second kappa shape index (κ2) is 8.87. The third kappa shape index (κ3) is 4.88. The van der Waals surface area contributed by atoms with Gasteiger partial charge in [-0.1, -0.05) is 0 Å². The van der Waals surface area contributed by atoms with Crippen molar-refractivity contribution < 1.29 is 9.47 Å². The molecular weight excluding hydrogens is 356 g/mol. The van der Waals surface area contributed by atoms with Gasteiger partial charge in [0.05, 0.1) is 18.7 Å². The number of rotatable bonds is 6. The number of ether oxygens (including phenoxy) is 2. The molecule has 0 unspecified atom stereocenters. The lowest BCUT2D eigenvalue weighted by Crippen LogP contribution is -2.12. The SMILES string of the molecule is COc1cc(CNCc2ccncc2)cc(Br)c1OC.Cl. The minimum Gasteiger partial charge on any atom is -0.493 e. The predicted molar refractivity (Wildman–Crippen MR) is 89.3 cm³/mol. The maximum Gasteiger partial charge on any atom is 0.174 e. The van der Waals surface area contributed by atoms with Crippen LogP contribution in [0.4, 0.5) is 0 Å². The van der Waals surface area contributed by atoms with Gasteiger partial charge >= 0.3 is 0 Å². The van der Waals surface area contributed by atoms with Crippen LogP contribution in [-0.4, -0.2) is 19.2 Å². The molecule has 0 aliphatic carbocycles. The van der Waals surface area contributed by atoms with Gasteiger partial charge in [-0.15, -0.1) is 12.4 Å². The van der Waals surface area contributed by atoms with Crippen LogP contribution in [0.1, 0.15) is 11.1 Å². The molecule has 1 aromatic heterocycles. The maximum absolute atomic E-state index is 5.33. The molecule has 0 aliphatic rings. The molecular formula is C15H18BrClN2O2. The molecule has 0 fully saturated rings. The number of nitrogens with one attached hydrogen (secondary N) is 1. The predicted octanol–water partition coefficient (Wildman–Crippen LogP) is 3.57. The van der Waals surface area contributed by atoms with Crippen molar-refractivity contribution in [2.24, 2.45) is 0 Å². The van der Waals surface area contributed by atoms with Gasteiger partial charge in [0.15, 0.2) is 11.5 Å². The quantitative estimate of drug-likeness (QED) is 0.840. The zero-order valence-corrected chi connectivity index (χ0v) is 14.3. The Labute approximate surface area is 139 Å². The van der Waals surface area contributed by atoms with Crippen molar-refractivity contribution >= 4 is 28.3 Å². The van der Waals surface area contributed by atoms with Crippen LogP contribution in [0.15, 0.2) is 41.1 Å². The molecule has 114 valence electrons. The summed E-state index contributed by atoms with van der Waals surface area (Å²) in [4.78, 5) is 4.00. The third-order valence-corrected chi connectivity index (χ3v) is 3.49. The Hall–Kier alpha value is -1.30. The van der Waals surface area contributed by atoms with E-state index in [0.717, 1.165) is 28.9 Å². The van der Waals surface area contributed by atoms with E-state index in [1.807, 2.05) is 24.3 Å². The molecule has 0 saturated carbocycles. The molecule has 21 heavy (non-hydrogen) atoms. The fourth-order valence-corrected chi connectivity index (χ4v) is 2.58. The molecule has 1 N–H and O–H groups in total. The van der Waals surface area contributed by atoms with Gasteiger partial charge < -0.3 is 14.8 Å². The molecule has 0 spiro atoms. The molecule has 0 amide bonds. The third-order valence-electron chi connectivity index (χ3n) is 2.90. The summed E-state index contributed by atoms with van der Waals surface area (Å²) in [6.45, 7) is 1.55. The van der Waals surface area contributed by atoms with Gasteiger partial charge in [-0.05, 0) is 51.3 Å². The number of hydrogen-bond donors (Lipinski definition) is 1. The van der Waals surface area contributed by atoms with Crippen molar-refractivity contribution in [3.63, 3.8) is 0 Å². The Morgan fingerprint density at radius 2 is 1.71 bits per heavy atom. The minimum atomic E-state index is 0. The van der Waals surface area contributed by atoms with Crippen molar-refractivity contribution in [2.75, 3.05) is 14.2 Å². The van der Waals surface area contributed by atoms with E-state index < -0.39 is 0 Å². The van der Waals surface area contributed by atoms with E-state index >= 15 is 0 Å². The van der Waals surface area contributed by atoms with Gasteiger partial charge in [0.25, 0.3) is 0 Å². The van der Waals surface area contributed by atoms with Gasteiger partial charge in [-0.2, -0.15) is 0 Å². The van der Waals surface area contributed by atoms with Gasteiger partial charge in [-0.3, -0.25) is 4.98 Å². The van der Waals surface area contributed by atoms with Gasteiger partial charge in [-0.25, -0.2) is 0 Å². The first-order valence-corrected chi connectivity index (χ1v) is 7.04. The largest absolute Gasteiger partial charge is 0.493 e. The van der Waals surface area contributed by atoms with Crippen LogP contribution >= 0.6 is 28.3 Å². The molecule has 0 aliphatic heterocycles. The summed E-state index contributed by atoms with van der Waals surface area (Å²) in [5.41, 5.74) is 2.34. The van der Waals surface area contributed by atoms with Gasteiger partial charge in [0.1, 0.15) is 0 Å². The van der Waals surface area contributed by atoms with Crippen LogP contribution in [0.25, 0.3) is 0 Å². The number of methoxy groups -OCH3 is 2. The zero-order valence-electron chi connectivity index (χ0n) is 11.9. The molecule has 1 aromatic carbocycles. The lowest BCUT2D eigenvalue weighted by molar-refractivity contribution is 0.352. The molecule has 0 saturated heterocycles. The first-order chi connectivity index (χ1) is 9.74. The Morgan fingerprint density at radius 1 is 1.05 bits per heavy atom. The molecule has 0 bridgehead atoms. The Morgan fingerprint density at radius 3 is 2.33 bits per heavy atom. The van der Waals surface area contributed by atoms with E-state index in [9.17, 15) is 0 Å². The van der Waals surface area contributed by atoms with Crippen LogP contribution in [-0.2, 0) is 13.1 Å². The Bertz CT molecular complexity index is 567. The average Bonchev–Trinajstić information content (AvgIpc) is 2.47. The zero-order chi connectivity index (χ0) is 14.4. The van der Waals surface area contributed by atoms with E-state index in [1.165, 1.54) is 5.56 Å². The lowest BCUT2D eigenvalue weighted by atomic mass is 10.2. The van der Waals surface area contributed by atoms with E-state index in [4.69, 9.17) is 9.47 Å². The monoisotopic (exact) mass is 372 g/mol. The highest BCUT2D eigenvalue weighted by Gasteiger charge is 2.10. The Balaban J connectivity index is 0.00000220. The summed E-state index contributed by atoms with van der Waals surface area (Å²) in [5, 5.41) is 3.39. The molecule has 0 atom stereocenters. The topological polar surface area (TPSA) is 43.4 Å². The number of aromatic nitrogens is 1. The standard InChI is InChI=1S/C15H17BrN2O2.ClH/c1-19-14-8-12(7-13(16)15(14)20-2)10-18-9-11-3-5-17-6-4-11;/h3-8,18H,9-10H2,1-2H3;1H. The van der Waals surface area contributed by atoms with Crippen molar-refractivity contribution in [1.82, 2.24) is 10.3 Å².